The van der Waals surface area contributed by atoms with Crippen LogP contribution < -0.4 is 5.32 Å². The molecule has 2 amide bonds. The molecule has 0 bridgehead atoms. The zero-order valence-electron chi connectivity index (χ0n) is 9.85. The maximum atomic E-state index is 13.2. The van der Waals surface area contributed by atoms with Gasteiger partial charge in [0.1, 0.15) is 17.7 Å². The average molecular weight is 268 g/mol. The van der Waals surface area contributed by atoms with Crippen LogP contribution in [0.5, 0.6) is 0 Å². The third-order valence-electron chi connectivity index (χ3n) is 2.69. The van der Waals surface area contributed by atoms with Crippen molar-refractivity contribution in [2.75, 3.05) is 19.3 Å². The summed E-state index contributed by atoms with van der Waals surface area (Å²) in [6, 6.07) is 6.11. The monoisotopic (exact) mass is 268 g/mol. The van der Waals surface area contributed by atoms with E-state index in [0.717, 1.165) is 0 Å². The van der Waals surface area contributed by atoms with Gasteiger partial charge in [-0.2, -0.15) is 0 Å². The number of halogens is 1. The summed E-state index contributed by atoms with van der Waals surface area (Å²) in [6.07, 6.45) is 0. The van der Waals surface area contributed by atoms with E-state index in [2.05, 4.69) is 5.32 Å². The molecule has 1 N–H and O–H groups in total. The molecule has 1 fully saturated rings. The predicted octanol–water partition coefficient (Wildman–Crippen LogP) is 1.15. The predicted molar refractivity (Wildman–Crippen MR) is 67.4 cm³/mol. The highest BCUT2D eigenvalue weighted by atomic mass is 32.2. The highest BCUT2D eigenvalue weighted by molar-refractivity contribution is 8.00. The molecule has 0 spiro atoms. The van der Waals surface area contributed by atoms with Crippen LogP contribution in [0, 0.1) is 5.82 Å². The quantitative estimate of drug-likeness (QED) is 0.894. The van der Waals surface area contributed by atoms with Gasteiger partial charge in [-0.05, 0) is 17.7 Å². The zero-order valence-corrected chi connectivity index (χ0v) is 10.7. The first-order valence-electron chi connectivity index (χ1n) is 5.49. The summed E-state index contributed by atoms with van der Waals surface area (Å²) in [7, 11) is 1.52. The van der Waals surface area contributed by atoms with E-state index in [0.29, 0.717) is 11.3 Å². The molecule has 1 atom stereocenters. The van der Waals surface area contributed by atoms with Crippen LogP contribution in [0.25, 0.3) is 0 Å². The van der Waals surface area contributed by atoms with Crippen molar-refractivity contribution in [3.05, 3.63) is 35.6 Å². The minimum Gasteiger partial charge on any atom is -0.358 e. The number of amides is 2. The molecule has 1 aliphatic heterocycles. The van der Waals surface area contributed by atoms with Gasteiger partial charge in [0.25, 0.3) is 0 Å². The van der Waals surface area contributed by atoms with Crippen molar-refractivity contribution in [1.82, 2.24) is 10.2 Å². The minimum absolute atomic E-state index is 0.00349. The van der Waals surface area contributed by atoms with Gasteiger partial charge >= 0.3 is 0 Å². The fraction of sp³-hybridized carbons (Fsp3) is 0.333. The molecule has 4 nitrogen and oxygen atoms in total. The Hall–Kier alpha value is -1.56. The number of nitrogens with one attached hydrogen (secondary N) is 1. The fourth-order valence-electron chi connectivity index (χ4n) is 1.80. The first-order valence-corrected chi connectivity index (χ1v) is 6.54. The Bertz CT molecular complexity index is 481. The molecular formula is C12H13FN2O2S. The molecule has 1 aromatic rings. The standard InChI is InChI=1S/C12H13FN2O2S/c1-14-10(16)6-15-11(17)7-18-12(15)8-3-2-4-9(13)5-8/h2-5,12H,6-7H2,1H3,(H,14,16). The van der Waals surface area contributed by atoms with Crippen LogP contribution in [0.3, 0.4) is 0 Å². The maximum absolute atomic E-state index is 13.2. The van der Waals surface area contributed by atoms with Crippen molar-refractivity contribution in [1.29, 1.82) is 0 Å². The highest BCUT2D eigenvalue weighted by Gasteiger charge is 2.33. The third kappa shape index (κ3) is 2.64. The second-order valence-electron chi connectivity index (χ2n) is 3.91. The summed E-state index contributed by atoms with van der Waals surface area (Å²) < 4.78 is 13.2. The van der Waals surface area contributed by atoms with Crippen LogP contribution in [-0.4, -0.2) is 36.1 Å². The Kier molecular flexibility index (Phi) is 3.86. The van der Waals surface area contributed by atoms with Crippen LogP contribution in [0.1, 0.15) is 10.9 Å². The van der Waals surface area contributed by atoms with Crippen molar-refractivity contribution >= 4 is 23.6 Å². The topological polar surface area (TPSA) is 49.4 Å². The van der Waals surface area contributed by atoms with Crippen LogP contribution in [0.15, 0.2) is 24.3 Å². The van der Waals surface area contributed by atoms with Gasteiger partial charge in [0.2, 0.25) is 11.8 Å². The van der Waals surface area contributed by atoms with Crippen LogP contribution in [0.2, 0.25) is 0 Å². The van der Waals surface area contributed by atoms with Crippen LogP contribution in [-0.2, 0) is 9.59 Å². The van der Waals surface area contributed by atoms with Crippen molar-refractivity contribution < 1.29 is 14.0 Å². The fourth-order valence-corrected chi connectivity index (χ4v) is 2.97. The Balaban J connectivity index is 2.21. The van der Waals surface area contributed by atoms with Gasteiger partial charge in [0.05, 0.1) is 5.75 Å². The molecule has 96 valence electrons. The molecule has 1 saturated heterocycles. The van der Waals surface area contributed by atoms with Crippen molar-refractivity contribution in [3.8, 4) is 0 Å². The van der Waals surface area contributed by atoms with Crippen molar-refractivity contribution in [2.45, 2.75) is 5.37 Å². The molecule has 18 heavy (non-hydrogen) atoms. The summed E-state index contributed by atoms with van der Waals surface area (Å²) in [4.78, 5) is 24.6. The lowest BCUT2D eigenvalue weighted by Gasteiger charge is -2.23. The van der Waals surface area contributed by atoms with E-state index < -0.39 is 0 Å². The molecule has 0 aliphatic carbocycles. The van der Waals surface area contributed by atoms with E-state index in [1.807, 2.05) is 0 Å². The first kappa shape index (κ1) is 12.9. The number of carbonyl (C=O) groups is 2. The van der Waals surface area contributed by atoms with E-state index in [1.165, 1.54) is 35.8 Å². The lowest BCUT2D eigenvalue weighted by molar-refractivity contribution is -0.133. The Morgan fingerprint density at radius 2 is 2.39 bits per heavy atom. The largest absolute Gasteiger partial charge is 0.358 e. The number of hydrogen-bond acceptors (Lipinski definition) is 3. The Morgan fingerprint density at radius 3 is 3.06 bits per heavy atom. The number of rotatable bonds is 3. The Labute approximate surface area is 109 Å². The number of hydrogen-bond donors (Lipinski definition) is 1. The number of benzene rings is 1. The average Bonchev–Trinajstić information content (AvgIpc) is 2.71. The van der Waals surface area contributed by atoms with Gasteiger partial charge in [0.15, 0.2) is 0 Å². The smallest absolute Gasteiger partial charge is 0.239 e. The lowest BCUT2D eigenvalue weighted by atomic mass is 10.2. The second kappa shape index (κ2) is 5.39. The molecule has 1 aromatic carbocycles. The summed E-state index contributed by atoms with van der Waals surface area (Å²) >= 11 is 1.40. The number of thioether (sulfide) groups is 1. The molecular weight excluding hydrogens is 255 g/mol. The molecule has 1 heterocycles. The number of carbonyl (C=O) groups excluding carboxylic acids is 2. The lowest BCUT2D eigenvalue weighted by Crippen LogP contribution is -2.37. The first-order chi connectivity index (χ1) is 8.61. The normalized spacial score (nSPS) is 19.1. The summed E-state index contributed by atoms with van der Waals surface area (Å²) in [5, 5.41) is 2.19. The molecule has 1 aliphatic rings. The van der Waals surface area contributed by atoms with Gasteiger partial charge in [-0.3, -0.25) is 9.59 Å². The number of nitrogens with zero attached hydrogens (tertiary/aromatic N) is 1. The SMILES string of the molecule is CNC(=O)CN1C(=O)CSC1c1cccc(F)c1. The van der Waals surface area contributed by atoms with Gasteiger partial charge in [-0.15, -0.1) is 11.8 Å². The minimum atomic E-state index is -0.340. The molecule has 0 saturated carbocycles. The molecule has 1 unspecified atom stereocenters. The van der Waals surface area contributed by atoms with Crippen molar-refractivity contribution in [2.24, 2.45) is 0 Å². The van der Waals surface area contributed by atoms with Gasteiger partial charge in [0, 0.05) is 7.05 Å². The van der Waals surface area contributed by atoms with Gasteiger partial charge < -0.3 is 10.2 Å². The summed E-state index contributed by atoms with van der Waals surface area (Å²) in [5.74, 6) is -0.351. The zero-order chi connectivity index (χ0) is 13.1. The van der Waals surface area contributed by atoms with E-state index in [9.17, 15) is 14.0 Å². The van der Waals surface area contributed by atoms with Crippen LogP contribution in [0.4, 0.5) is 4.39 Å². The molecule has 6 heteroatoms. The molecule has 0 radical (unpaired) electrons. The van der Waals surface area contributed by atoms with Crippen LogP contribution >= 0.6 is 11.8 Å². The highest BCUT2D eigenvalue weighted by Crippen LogP contribution is 2.38. The molecule has 0 aromatic heterocycles. The van der Waals surface area contributed by atoms with Crippen molar-refractivity contribution in [3.63, 3.8) is 0 Å². The molecule has 2 rings (SSSR count). The Morgan fingerprint density at radius 1 is 1.61 bits per heavy atom. The second-order valence-corrected chi connectivity index (χ2v) is 4.98. The van der Waals surface area contributed by atoms with E-state index in [-0.39, 0.29) is 29.6 Å². The van der Waals surface area contributed by atoms with Gasteiger partial charge in [-0.25, -0.2) is 4.39 Å². The van der Waals surface area contributed by atoms with E-state index in [1.54, 1.807) is 12.1 Å². The van der Waals surface area contributed by atoms with Gasteiger partial charge in [-0.1, -0.05) is 12.1 Å². The number of likely N-dealkylation sites (N-methyl/N-ethyl adjacent to an activating group) is 1. The third-order valence-corrected chi connectivity index (χ3v) is 3.95. The maximum Gasteiger partial charge on any atom is 0.239 e. The van der Waals surface area contributed by atoms with E-state index in [4.69, 9.17) is 0 Å². The summed E-state index contributed by atoms with van der Waals surface area (Å²) in [6.45, 7) is 0.00349. The summed E-state index contributed by atoms with van der Waals surface area (Å²) in [5.41, 5.74) is 0.703. The van der Waals surface area contributed by atoms with E-state index >= 15 is 0 Å².